The van der Waals surface area contributed by atoms with E-state index in [-0.39, 0.29) is 25.0 Å². The second-order valence-corrected chi connectivity index (χ2v) is 3.24. The maximum atomic E-state index is 11.4. The Morgan fingerprint density at radius 2 is 2.36 bits per heavy atom. The van der Waals surface area contributed by atoms with Crippen LogP contribution in [0.15, 0.2) is 24.3 Å². The first kappa shape index (κ1) is 10.9. The first-order valence-corrected chi connectivity index (χ1v) is 4.64. The molecule has 4 heteroatoms. The Balaban J connectivity index is 2.28. The maximum Gasteiger partial charge on any atom is 0.227 e. The number of aliphatic hydroxyl groups excluding tert-OH is 2. The number of hydrogen-bond donors (Lipinski definition) is 3. The van der Waals surface area contributed by atoms with E-state index in [0.717, 1.165) is 0 Å². The lowest BCUT2D eigenvalue weighted by Gasteiger charge is -2.14. The van der Waals surface area contributed by atoms with Crippen molar-refractivity contribution >= 4 is 5.91 Å². The topological polar surface area (TPSA) is 69.6 Å². The van der Waals surface area contributed by atoms with Crippen LogP contribution in [0.3, 0.4) is 0 Å². The average Bonchev–Trinajstić information content (AvgIpc) is 2.26. The minimum Gasteiger partial charge on any atom is -0.394 e. The highest BCUT2D eigenvalue weighted by Crippen LogP contribution is 2.10. The van der Waals surface area contributed by atoms with Gasteiger partial charge in [-0.1, -0.05) is 24.3 Å². The fraction of sp³-hybridized carbons (Fsp3) is 0.500. The molecule has 0 aliphatic heterocycles. The summed E-state index contributed by atoms with van der Waals surface area (Å²) in [6.07, 6.45) is 7.29. The van der Waals surface area contributed by atoms with Gasteiger partial charge in [-0.15, -0.1) is 0 Å². The highest BCUT2D eigenvalue weighted by atomic mass is 16.3. The summed E-state index contributed by atoms with van der Waals surface area (Å²) in [5.41, 5.74) is 0. The molecule has 2 atom stereocenters. The molecule has 2 unspecified atom stereocenters. The number of aliphatic hydroxyl groups is 2. The van der Waals surface area contributed by atoms with Gasteiger partial charge in [0, 0.05) is 6.54 Å². The van der Waals surface area contributed by atoms with Crippen molar-refractivity contribution in [2.24, 2.45) is 5.92 Å². The number of carbonyl (C=O) groups excluding carboxylic acids is 1. The quantitative estimate of drug-likeness (QED) is 0.573. The summed E-state index contributed by atoms with van der Waals surface area (Å²) in [4.78, 5) is 11.4. The van der Waals surface area contributed by atoms with Crippen molar-refractivity contribution in [2.75, 3.05) is 13.2 Å². The van der Waals surface area contributed by atoms with E-state index in [0.29, 0.717) is 6.42 Å². The Labute approximate surface area is 82.9 Å². The van der Waals surface area contributed by atoms with E-state index >= 15 is 0 Å². The van der Waals surface area contributed by atoms with Gasteiger partial charge in [-0.2, -0.15) is 0 Å². The van der Waals surface area contributed by atoms with E-state index in [4.69, 9.17) is 10.2 Å². The van der Waals surface area contributed by atoms with Gasteiger partial charge in [-0.05, 0) is 6.42 Å². The van der Waals surface area contributed by atoms with Crippen LogP contribution in [0.1, 0.15) is 6.42 Å². The minimum atomic E-state index is -0.873. The lowest BCUT2D eigenvalue weighted by atomic mass is 10.0. The molecular weight excluding hydrogens is 182 g/mol. The van der Waals surface area contributed by atoms with E-state index < -0.39 is 6.10 Å². The van der Waals surface area contributed by atoms with E-state index in [9.17, 15) is 4.79 Å². The summed E-state index contributed by atoms with van der Waals surface area (Å²) in [5.74, 6) is -0.260. The van der Waals surface area contributed by atoms with Gasteiger partial charge in [0.05, 0.1) is 18.6 Å². The summed E-state index contributed by atoms with van der Waals surface area (Å²) in [6.45, 7) is -0.232. The molecule has 1 rings (SSSR count). The number of allylic oxidation sites excluding steroid dienone is 3. The summed E-state index contributed by atoms with van der Waals surface area (Å²) < 4.78 is 0. The van der Waals surface area contributed by atoms with E-state index in [2.05, 4.69) is 5.32 Å². The number of hydrogen-bond acceptors (Lipinski definition) is 3. The SMILES string of the molecule is O=C(NCC(O)CO)C1C=CC=CC1. The molecule has 0 saturated heterocycles. The predicted molar refractivity (Wildman–Crippen MR) is 52.5 cm³/mol. The van der Waals surface area contributed by atoms with Crippen LogP contribution < -0.4 is 5.32 Å². The Hall–Kier alpha value is -1.13. The number of rotatable bonds is 4. The van der Waals surface area contributed by atoms with Crippen LogP contribution in [0.4, 0.5) is 0 Å². The van der Waals surface area contributed by atoms with Gasteiger partial charge in [0.15, 0.2) is 0 Å². The first-order chi connectivity index (χ1) is 6.74. The van der Waals surface area contributed by atoms with E-state index in [1.807, 2.05) is 24.3 Å². The van der Waals surface area contributed by atoms with Crippen molar-refractivity contribution < 1.29 is 15.0 Å². The van der Waals surface area contributed by atoms with Crippen molar-refractivity contribution in [1.29, 1.82) is 0 Å². The van der Waals surface area contributed by atoms with Gasteiger partial charge < -0.3 is 15.5 Å². The smallest absolute Gasteiger partial charge is 0.227 e. The molecule has 1 aliphatic carbocycles. The maximum absolute atomic E-state index is 11.4. The second kappa shape index (κ2) is 5.57. The molecule has 4 nitrogen and oxygen atoms in total. The molecular formula is C10H15NO3. The molecule has 78 valence electrons. The van der Waals surface area contributed by atoms with Crippen LogP contribution in [-0.4, -0.2) is 35.4 Å². The molecule has 0 fully saturated rings. The third kappa shape index (κ3) is 3.32. The minimum absolute atomic E-state index is 0.101. The van der Waals surface area contributed by atoms with Gasteiger partial charge >= 0.3 is 0 Å². The highest BCUT2D eigenvalue weighted by Gasteiger charge is 2.15. The highest BCUT2D eigenvalue weighted by molar-refractivity contribution is 5.80. The van der Waals surface area contributed by atoms with Crippen molar-refractivity contribution in [1.82, 2.24) is 5.32 Å². The Kier molecular flexibility index (Phi) is 4.35. The van der Waals surface area contributed by atoms with Crippen LogP contribution in [0.2, 0.25) is 0 Å². The summed E-state index contributed by atoms with van der Waals surface area (Å²) in [6, 6.07) is 0. The standard InChI is InChI=1S/C10H15NO3/c12-7-9(13)6-11-10(14)8-4-2-1-3-5-8/h1-4,8-9,12-13H,5-7H2,(H,11,14). The molecule has 3 N–H and O–H groups in total. The summed E-state index contributed by atoms with van der Waals surface area (Å²) in [7, 11) is 0. The Morgan fingerprint density at radius 3 is 2.93 bits per heavy atom. The van der Waals surface area contributed by atoms with Crippen LogP contribution in [0.5, 0.6) is 0 Å². The largest absolute Gasteiger partial charge is 0.394 e. The van der Waals surface area contributed by atoms with Gasteiger partial charge in [0.1, 0.15) is 0 Å². The normalized spacial score (nSPS) is 22.0. The number of amides is 1. The molecule has 0 heterocycles. The molecule has 1 aliphatic rings. The molecule has 14 heavy (non-hydrogen) atoms. The van der Waals surface area contributed by atoms with Crippen LogP contribution in [0, 0.1) is 5.92 Å². The molecule has 0 aromatic heterocycles. The zero-order valence-electron chi connectivity index (χ0n) is 7.89. The van der Waals surface area contributed by atoms with E-state index in [1.54, 1.807) is 0 Å². The van der Waals surface area contributed by atoms with Crippen molar-refractivity contribution in [3.8, 4) is 0 Å². The van der Waals surface area contributed by atoms with Crippen LogP contribution in [-0.2, 0) is 4.79 Å². The second-order valence-electron chi connectivity index (χ2n) is 3.24. The Bertz CT molecular complexity index is 248. The summed E-state index contributed by atoms with van der Waals surface area (Å²) >= 11 is 0. The average molecular weight is 197 g/mol. The number of nitrogens with one attached hydrogen (secondary N) is 1. The zero-order chi connectivity index (χ0) is 10.4. The van der Waals surface area contributed by atoms with Crippen LogP contribution in [0.25, 0.3) is 0 Å². The summed E-state index contributed by atoms with van der Waals surface area (Å²) in [5, 5.41) is 20.1. The lowest BCUT2D eigenvalue weighted by molar-refractivity contribution is -0.124. The first-order valence-electron chi connectivity index (χ1n) is 4.64. The fourth-order valence-corrected chi connectivity index (χ4v) is 1.19. The third-order valence-electron chi connectivity index (χ3n) is 2.04. The molecule has 0 radical (unpaired) electrons. The van der Waals surface area contributed by atoms with Crippen LogP contribution >= 0.6 is 0 Å². The third-order valence-corrected chi connectivity index (χ3v) is 2.04. The van der Waals surface area contributed by atoms with E-state index in [1.165, 1.54) is 0 Å². The zero-order valence-corrected chi connectivity index (χ0v) is 7.89. The van der Waals surface area contributed by atoms with Gasteiger partial charge in [-0.3, -0.25) is 4.79 Å². The number of carbonyl (C=O) groups is 1. The van der Waals surface area contributed by atoms with Crippen molar-refractivity contribution in [3.05, 3.63) is 24.3 Å². The molecule has 0 saturated carbocycles. The molecule has 0 aromatic rings. The van der Waals surface area contributed by atoms with Gasteiger partial charge in [0.25, 0.3) is 0 Å². The lowest BCUT2D eigenvalue weighted by Crippen LogP contribution is -2.37. The van der Waals surface area contributed by atoms with Gasteiger partial charge in [-0.25, -0.2) is 0 Å². The molecule has 1 amide bonds. The Morgan fingerprint density at radius 1 is 1.57 bits per heavy atom. The predicted octanol–water partition coefficient (Wildman–Crippen LogP) is -0.412. The van der Waals surface area contributed by atoms with Gasteiger partial charge in [0.2, 0.25) is 5.91 Å². The van der Waals surface area contributed by atoms with Crippen molar-refractivity contribution in [2.45, 2.75) is 12.5 Å². The molecule has 0 bridgehead atoms. The molecule has 0 spiro atoms. The monoisotopic (exact) mass is 197 g/mol. The van der Waals surface area contributed by atoms with Crippen molar-refractivity contribution in [3.63, 3.8) is 0 Å². The molecule has 0 aromatic carbocycles. The fourth-order valence-electron chi connectivity index (χ4n) is 1.19.